The van der Waals surface area contributed by atoms with Gasteiger partial charge in [-0.25, -0.2) is 23.5 Å². The van der Waals surface area contributed by atoms with Gasteiger partial charge in [-0.2, -0.15) is 0 Å². The predicted octanol–water partition coefficient (Wildman–Crippen LogP) is 0.687. The van der Waals surface area contributed by atoms with Crippen molar-refractivity contribution in [3.05, 3.63) is 50.9 Å². The van der Waals surface area contributed by atoms with Crippen molar-refractivity contribution in [2.24, 2.45) is 14.1 Å². The molecule has 1 aliphatic heterocycles. The lowest BCUT2D eigenvalue weighted by molar-refractivity contribution is -0.119. The van der Waals surface area contributed by atoms with E-state index < -0.39 is 28.8 Å². The number of hydrogen-bond donors (Lipinski definition) is 0. The number of nitrogens with zero attached hydrogens (tertiary/aromatic N) is 7. The van der Waals surface area contributed by atoms with Crippen molar-refractivity contribution in [1.29, 1.82) is 0 Å². The van der Waals surface area contributed by atoms with Crippen LogP contribution >= 0.6 is 11.3 Å². The van der Waals surface area contributed by atoms with Gasteiger partial charge in [0, 0.05) is 46.3 Å². The van der Waals surface area contributed by atoms with Crippen molar-refractivity contribution in [2.45, 2.75) is 6.54 Å². The highest BCUT2D eigenvalue weighted by molar-refractivity contribution is 7.22. The second kappa shape index (κ2) is 9.52. The number of imidazole rings is 1. The molecule has 1 saturated heterocycles. The molecule has 1 aromatic carbocycles. The number of morpholine rings is 1. The zero-order valence-electron chi connectivity index (χ0n) is 19.6. The average Bonchev–Trinajstić information content (AvgIpc) is 3.47. The summed E-state index contributed by atoms with van der Waals surface area (Å²) >= 11 is 1.01. The number of hydrogen-bond acceptors (Lipinski definition) is 8. The lowest BCUT2D eigenvalue weighted by Gasteiger charge is -2.29. The van der Waals surface area contributed by atoms with Gasteiger partial charge in [-0.1, -0.05) is 11.3 Å². The van der Waals surface area contributed by atoms with E-state index in [-0.39, 0.29) is 39.6 Å². The molecule has 11 nitrogen and oxygen atoms in total. The first-order valence-corrected chi connectivity index (χ1v) is 12.0. The Hall–Kier alpha value is -3.49. The molecule has 0 atom stereocenters. The number of thiazole rings is 1. The quantitative estimate of drug-likeness (QED) is 0.369. The van der Waals surface area contributed by atoms with Gasteiger partial charge < -0.3 is 9.30 Å². The molecule has 0 radical (unpaired) electrons. The Morgan fingerprint density at radius 3 is 2.67 bits per heavy atom. The van der Waals surface area contributed by atoms with E-state index in [1.54, 1.807) is 0 Å². The van der Waals surface area contributed by atoms with Crippen LogP contribution in [0, 0.1) is 11.6 Å². The topological polar surface area (TPSA) is 107 Å². The number of fused-ring (bicyclic) bond motifs is 2. The molecule has 0 saturated carbocycles. The van der Waals surface area contributed by atoms with Crippen molar-refractivity contribution in [3.8, 4) is 0 Å². The fraction of sp³-hybridized carbons (Fsp3) is 0.409. The van der Waals surface area contributed by atoms with Gasteiger partial charge in [-0.3, -0.25) is 28.5 Å². The van der Waals surface area contributed by atoms with Gasteiger partial charge in [0.25, 0.3) is 5.56 Å². The van der Waals surface area contributed by atoms with Gasteiger partial charge in [0.2, 0.25) is 5.91 Å². The van der Waals surface area contributed by atoms with Crippen LogP contribution in [0.15, 0.2) is 28.0 Å². The Morgan fingerprint density at radius 1 is 1.17 bits per heavy atom. The van der Waals surface area contributed by atoms with Gasteiger partial charge in [0.1, 0.15) is 17.9 Å². The highest BCUT2D eigenvalue weighted by Gasteiger charge is 2.25. The van der Waals surface area contributed by atoms with E-state index in [2.05, 4.69) is 14.9 Å². The molecule has 1 fully saturated rings. The summed E-state index contributed by atoms with van der Waals surface area (Å²) in [5.41, 5.74) is -0.847. The van der Waals surface area contributed by atoms with Crippen LogP contribution in [0.3, 0.4) is 0 Å². The molecule has 0 aliphatic carbocycles. The molecular formula is C22H23F2N7O4S. The Morgan fingerprint density at radius 2 is 1.92 bits per heavy atom. The van der Waals surface area contributed by atoms with Crippen LogP contribution in [0.1, 0.15) is 0 Å². The number of aryl methyl sites for hydroxylation is 1. The zero-order valence-corrected chi connectivity index (χ0v) is 20.4. The number of anilines is 1. The Bertz CT molecular complexity index is 1590. The first kappa shape index (κ1) is 24.2. The minimum absolute atomic E-state index is 0.0162. The number of carbonyl (C=O) groups excluding carboxylic acids is 1. The van der Waals surface area contributed by atoms with E-state index in [0.717, 1.165) is 22.0 Å². The van der Waals surface area contributed by atoms with Crippen LogP contribution in [-0.2, 0) is 30.2 Å². The van der Waals surface area contributed by atoms with Gasteiger partial charge in [0.05, 0.1) is 24.2 Å². The predicted molar refractivity (Wildman–Crippen MR) is 129 cm³/mol. The molecule has 0 N–H and O–H groups in total. The third-order valence-corrected chi connectivity index (χ3v) is 7.23. The molecule has 36 heavy (non-hydrogen) atoms. The molecule has 5 rings (SSSR count). The van der Waals surface area contributed by atoms with E-state index >= 15 is 0 Å². The number of amides is 1. The lowest BCUT2D eigenvalue weighted by atomic mass is 10.3. The third-order valence-electron chi connectivity index (χ3n) is 6.20. The second-order valence-electron chi connectivity index (χ2n) is 8.48. The number of aromatic nitrogens is 5. The standard InChI is InChI=1S/C22H23F2N7O4S/c1-27-19-18(20(33)28(2)22(27)34)30(12-25-19)11-16(32)31(4-3-29-5-7-35-8-6-29)21-26-17-14(24)9-13(23)10-15(17)36-21/h9-10,12H,3-8,11H2,1-2H3. The van der Waals surface area contributed by atoms with Crippen molar-refractivity contribution < 1.29 is 18.3 Å². The van der Waals surface area contributed by atoms with Crippen LogP contribution in [0.4, 0.5) is 13.9 Å². The molecule has 190 valence electrons. The maximum Gasteiger partial charge on any atom is 0.332 e. The molecule has 4 heterocycles. The molecule has 0 unspecified atom stereocenters. The van der Waals surface area contributed by atoms with Gasteiger partial charge in [0.15, 0.2) is 22.1 Å². The Balaban J connectivity index is 1.50. The van der Waals surface area contributed by atoms with E-state index in [9.17, 15) is 23.2 Å². The average molecular weight is 520 g/mol. The number of rotatable bonds is 6. The molecule has 1 aliphatic rings. The monoisotopic (exact) mass is 519 g/mol. The number of halogens is 2. The molecule has 0 spiro atoms. The first-order valence-electron chi connectivity index (χ1n) is 11.2. The van der Waals surface area contributed by atoms with Crippen LogP contribution in [0.5, 0.6) is 0 Å². The van der Waals surface area contributed by atoms with Gasteiger partial charge >= 0.3 is 5.69 Å². The van der Waals surface area contributed by atoms with E-state index in [4.69, 9.17) is 4.74 Å². The van der Waals surface area contributed by atoms with Gasteiger partial charge in [-0.05, 0) is 6.07 Å². The van der Waals surface area contributed by atoms with E-state index in [1.807, 2.05) is 0 Å². The maximum absolute atomic E-state index is 14.3. The summed E-state index contributed by atoms with van der Waals surface area (Å²) in [5.74, 6) is -1.95. The molecule has 0 bridgehead atoms. The normalized spacial score (nSPS) is 14.7. The fourth-order valence-corrected chi connectivity index (χ4v) is 5.25. The van der Waals surface area contributed by atoms with Crippen molar-refractivity contribution in [2.75, 3.05) is 44.3 Å². The molecule has 14 heteroatoms. The lowest BCUT2D eigenvalue weighted by Crippen LogP contribution is -2.44. The smallest absolute Gasteiger partial charge is 0.332 e. The SMILES string of the molecule is Cn1c(=O)c2c(ncn2CC(=O)N(CCN2CCOCC2)c2nc3c(F)cc(F)cc3s2)n(C)c1=O. The van der Waals surface area contributed by atoms with Crippen molar-refractivity contribution in [1.82, 2.24) is 28.6 Å². The molecule has 3 aromatic heterocycles. The van der Waals surface area contributed by atoms with E-state index in [0.29, 0.717) is 32.8 Å². The highest BCUT2D eigenvalue weighted by atomic mass is 32.1. The second-order valence-corrected chi connectivity index (χ2v) is 9.49. The van der Waals surface area contributed by atoms with Crippen molar-refractivity contribution >= 4 is 43.8 Å². The molecule has 1 amide bonds. The summed E-state index contributed by atoms with van der Waals surface area (Å²) in [4.78, 5) is 50.6. The summed E-state index contributed by atoms with van der Waals surface area (Å²) in [7, 11) is 2.85. The summed E-state index contributed by atoms with van der Waals surface area (Å²) < 4.78 is 37.3. The summed E-state index contributed by atoms with van der Waals surface area (Å²) in [6, 6.07) is 1.93. The van der Waals surface area contributed by atoms with Crippen LogP contribution in [0.25, 0.3) is 21.4 Å². The van der Waals surface area contributed by atoms with E-state index in [1.165, 1.54) is 40.5 Å². The number of carbonyl (C=O) groups is 1. The summed E-state index contributed by atoms with van der Waals surface area (Å²) in [6.45, 7) is 3.08. The number of ether oxygens (including phenoxy) is 1. The van der Waals surface area contributed by atoms with Crippen LogP contribution in [-0.4, -0.2) is 73.9 Å². The Labute approximate surface area is 206 Å². The minimum Gasteiger partial charge on any atom is -0.379 e. The number of benzene rings is 1. The molecule has 4 aromatic rings. The van der Waals surface area contributed by atoms with Crippen LogP contribution < -0.4 is 16.1 Å². The summed E-state index contributed by atoms with van der Waals surface area (Å²) in [5, 5.41) is 0.220. The minimum atomic E-state index is -0.807. The summed E-state index contributed by atoms with van der Waals surface area (Å²) in [6.07, 6.45) is 1.33. The Kier molecular flexibility index (Phi) is 6.40. The fourth-order valence-electron chi connectivity index (χ4n) is 4.20. The largest absolute Gasteiger partial charge is 0.379 e. The van der Waals surface area contributed by atoms with Gasteiger partial charge in [-0.15, -0.1) is 0 Å². The third kappa shape index (κ3) is 4.31. The first-order chi connectivity index (χ1) is 17.2. The highest BCUT2D eigenvalue weighted by Crippen LogP contribution is 2.31. The maximum atomic E-state index is 14.3. The molecular weight excluding hydrogens is 496 g/mol. The van der Waals surface area contributed by atoms with Crippen molar-refractivity contribution in [3.63, 3.8) is 0 Å². The van der Waals surface area contributed by atoms with Crippen LogP contribution in [0.2, 0.25) is 0 Å². The zero-order chi connectivity index (χ0) is 25.6.